The first-order chi connectivity index (χ1) is 7.57. The highest BCUT2D eigenvalue weighted by molar-refractivity contribution is 6.33. The highest BCUT2D eigenvalue weighted by Gasteiger charge is 2.34. The van der Waals surface area contributed by atoms with Crippen LogP contribution in [0.4, 0.5) is 0 Å². The minimum Gasteiger partial charge on any atom is -0.465 e. The highest BCUT2D eigenvalue weighted by atomic mass is 35.5. The zero-order chi connectivity index (χ0) is 11.8. The van der Waals surface area contributed by atoms with Gasteiger partial charge in [0.15, 0.2) is 0 Å². The lowest BCUT2D eigenvalue weighted by Gasteiger charge is -2.38. The molecule has 0 aliphatic heterocycles. The first kappa shape index (κ1) is 11.4. The SMILES string of the molecule is COC(=O)c1ccc(C2(N)CCC2)cc1Cl. The van der Waals surface area contributed by atoms with Crippen molar-refractivity contribution >= 4 is 17.6 Å². The molecule has 1 aromatic carbocycles. The van der Waals surface area contributed by atoms with Gasteiger partial charge in [-0.15, -0.1) is 0 Å². The summed E-state index contributed by atoms with van der Waals surface area (Å²) in [5.74, 6) is -0.420. The predicted octanol–water partition coefficient (Wildman–Crippen LogP) is 2.46. The van der Waals surface area contributed by atoms with Crippen molar-refractivity contribution in [2.45, 2.75) is 24.8 Å². The van der Waals surface area contributed by atoms with Gasteiger partial charge in [0.2, 0.25) is 0 Å². The smallest absolute Gasteiger partial charge is 0.339 e. The number of ether oxygens (including phenoxy) is 1. The Morgan fingerprint density at radius 3 is 2.62 bits per heavy atom. The number of esters is 1. The standard InChI is InChI=1S/C12H14ClNO2/c1-16-11(15)9-4-3-8(7-10(9)13)12(14)5-2-6-12/h3-4,7H,2,5-6,14H2,1H3. The lowest BCUT2D eigenvalue weighted by Crippen LogP contribution is -2.43. The summed E-state index contributed by atoms with van der Waals surface area (Å²) in [6.07, 6.45) is 3.09. The van der Waals surface area contributed by atoms with Gasteiger partial charge in [0.25, 0.3) is 0 Å². The maximum absolute atomic E-state index is 11.3. The number of rotatable bonds is 2. The molecule has 1 aliphatic rings. The molecule has 4 heteroatoms. The molecule has 0 bridgehead atoms. The maximum atomic E-state index is 11.3. The lowest BCUT2D eigenvalue weighted by atomic mass is 9.73. The number of benzene rings is 1. The predicted molar refractivity (Wildman–Crippen MR) is 62.5 cm³/mol. The van der Waals surface area contributed by atoms with Crippen LogP contribution in [-0.4, -0.2) is 13.1 Å². The second kappa shape index (κ2) is 4.07. The van der Waals surface area contributed by atoms with Gasteiger partial charge in [-0.25, -0.2) is 4.79 Å². The number of hydrogen-bond donors (Lipinski definition) is 1. The molecule has 0 saturated heterocycles. The molecule has 0 radical (unpaired) electrons. The van der Waals surface area contributed by atoms with Gasteiger partial charge in [-0.1, -0.05) is 17.7 Å². The van der Waals surface area contributed by atoms with Crippen LogP contribution < -0.4 is 5.73 Å². The Balaban J connectivity index is 2.32. The maximum Gasteiger partial charge on any atom is 0.339 e. The summed E-state index contributed by atoms with van der Waals surface area (Å²) in [4.78, 5) is 11.3. The Labute approximate surface area is 99.5 Å². The fourth-order valence-electron chi connectivity index (χ4n) is 1.95. The molecule has 0 aromatic heterocycles. The van der Waals surface area contributed by atoms with Crippen molar-refractivity contribution in [1.29, 1.82) is 0 Å². The molecule has 1 aliphatic carbocycles. The van der Waals surface area contributed by atoms with Crippen LogP contribution in [0.25, 0.3) is 0 Å². The number of carbonyl (C=O) groups excluding carboxylic acids is 1. The van der Waals surface area contributed by atoms with Gasteiger partial charge in [0.1, 0.15) is 0 Å². The third-order valence-electron chi connectivity index (χ3n) is 3.20. The van der Waals surface area contributed by atoms with E-state index in [2.05, 4.69) is 4.74 Å². The normalized spacial score (nSPS) is 17.7. The molecular weight excluding hydrogens is 226 g/mol. The Hall–Kier alpha value is -1.06. The van der Waals surface area contributed by atoms with Gasteiger partial charge < -0.3 is 10.5 Å². The van der Waals surface area contributed by atoms with Gasteiger partial charge in [0.05, 0.1) is 17.7 Å². The van der Waals surface area contributed by atoms with Crippen LogP contribution in [0, 0.1) is 0 Å². The zero-order valence-corrected chi connectivity index (χ0v) is 9.88. The molecule has 1 fully saturated rings. The second-order valence-corrected chi connectivity index (χ2v) is 4.60. The minimum atomic E-state index is -0.420. The molecule has 1 saturated carbocycles. The molecule has 86 valence electrons. The highest BCUT2D eigenvalue weighted by Crippen LogP contribution is 2.39. The van der Waals surface area contributed by atoms with Crippen molar-refractivity contribution in [2.24, 2.45) is 5.73 Å². The van der Waals surface area contributed by atoms with Crippen molar-refractivity contribution in [3.05, 3.63) is 34.3 Å². The molecule has 0 amide bonds. The van der Waals surface area contributed by atoms with E-state index in [1.165, 1.54) is 7.11 Å². The van der Waals surface area contributed by atoms with Crippen molar-refractivity contribution in [2.75, 3.05) is 7.11 Å². The van der Waals surface area contributed by atoms with Crippen molar-refractivity contribution < 1.29 is 9.53 Å². The summed E-state index contributed by atoms with van der Waals surface area (Å²) in [5.41, 5.74) is 7.31. The van der Waals surface area contributed by atoms with Gasteiger partial charge in [-0.05, 0) is 37.0 Å². The monoisotopic (exact) mass is 239 g/mol. The molecule has 0 atom stereocenters. The lowest BCUT2D eigenvalue weighted by molar-refractivity contribution is 0.0601. The fraction of sp³-hybridized carbons (Fsp3) is 0.417. The van der Waals surface area contributed by atoms with Crippen LogP contribution in [0.3, 0.4) is 0 Å². The molecule has 0 heterocycles. The van der Waals surface area contributed by atoms with E-state index in [0.29, 0.717) is 10.6 Å². The van der Waals surface area contributed by atoms with Crippen LogP contribution in [0.2, 0.25) is 5.02 Å². The van der Waals surface area contributed by atoms with Crippen LogP contribution >= 0.6 is 11.6 Å². The van der Waals surface area contributed by atoms with Gasteiger partial charge in [0, 0.05) is 5.54 Å². The summed E-state index contributed by atoms with van der Waals surface area (Å²) < 4.78 is 4.63. The van der Waals surface area contributed by atoms with E-state index in [4.69, 9.17) is 17.3 Å². The first-order valence-corrected chi connectivity index (χ1v) is 5.62. The largest absolute Gasteiger partial charge is 0.465 e. The van der Waals surface area contributed by atoms with Crippen LogP contribution in [0.5, 0.6) is 0 Å². The van der Waals surface area contributed by atoms with Crippen molar-refractivity contribution in [3.63, 3.8) is 0 Å². The van der Waals surface area contributed by atoms with Gasteiger partial charge >= 0.3 is 5.97 Å². The second-order valence-electron chi connectivity index (χ2n) is 4.20. The average molecular weight is 240 g/mol. The summed E-state index contributed by atoms with van der Waals surface area (Å²) in [6.45, 7) is 0. The Kier molecular flexibility index (Phi) is 2.91. The van der Waals surface area contributed by atoms with Crippen molar-refractivity contribution in [1.82, 2.24) is 0 Å². The molecule has 0 unspecified atom stereocenters. The van der Waals surface area contributed by atoms with Crippen molar-refractivity contribution in [3.8, 4) is 0 Å². The average Bonchev–Trinajstić information content (AvgIpc) is 2.24. The fourth-order valence-corrected chi connectivity index (χ4v) is 2.20. The van der Waals surface area contributed by atoms with E-state index in [1.54, 1.807) is 12.1 Å². The molecular formula is C12H14ClNO2. The van der Waals surface area contributed by atoms with Gasteiger partial charge in [-0.3, -0.25) is 0 Å². The quantitative estimate of drug-likeness (QED) is 0.807. The topological polar surface area (TPSA) is 52.3 Å². The van der Waals surface area contributed by atoms with E-state index in [9.17, 15) is 4.79 Å². The van der Waals surface area contributed by atoms with E-state index in [0.717, 1.165) is 24.8 Å². The summed E-state index contributed by atoms with van der Waals surface area (Å²) in [7, 11) is 1.34. The molecule has 16 heavy (non-hydrogen) atoms. The first-order valence-electron chi connectivity index (χ1n) is 5.24. The van der Waals surface area contributed by atoms with Gasteiger partial charge in [-0.2, -0.15) is 0 Å². The molecule has 2 N–H and O–H groups in total. The molecule has 3 nitrogen and oxygen atoms in total. The molecule has 2 rings (SSSR count). The third kappa shape index (κ3) is 1.81. The number of hydrogen-bond acceptors (Lipinski definition) is 3. The number of halogens is 1. The number of methoxy groups -OCH3 is 1. The zero-order valence-electron chi connectivity index (χ0n) is 9.13. The summed E-state index contributed by atoms with van der Waals surface area (Å²) in [6, 6.07) is 5.31. The third-order valence-corrected chi connectivity index (χ3v) is 3.51. The Bertz CT molecular complexity index is 427. The van der Waals surface area contributed by atoms with E-state index < -0.39 is 5.97 Å². The number of carbonyl (C=O) groups is 1. The molecule has 1 aromatic rings. The number of nitrogens with two attached hydrogens (primary N) is 1. The van der Waals surface area contributed by atoms with Crippen LogP contribution in [0.1, 0.15) is 35.2 Å². The van der Waals surface area contributed by atoms with E-state index in [1.807, 2.05) is 6.07 Å². The van der Waals surface area contributed by atoms with E-state index >= 15 is 0 Å². The Morgan fingerprint density at radius 2 is 2.19 bits per heavy atom. The molecule has 0 spiro atoms. The van der Waals surface area contributed by atoms with Crippen LogP contribution in [0.15, 0.2) is 18.2 Å². The Morgan fingerprint density at radius 1 is 1.50 bits per heavy atom. The summed E-state index contributed by atoms with van der Waals surface area (Å²) in [5, 5.41) is 0.404. The van der Waals surface area contributed by atoms with Crippen LogP contribution in [-0.2, 0) is 10.3 Å². The minimum absolute atomic E-state index is 0.252. The summed E-state index contributed by atoms with van der Waals surface area (Å²) >= 11 is 6.03. The van der Waals surface area contributed by atoms with E-state index in [-0.39, 0.29) is 5.54 Å².